The second-order valence-electron chi connectivity index (χ2n) is 3.66. The fraction of sp³-hybridized carbons (Fsp3) is 0.333. The van der Waals surface area contributed by atoms with Crippen molar-refractivity contribution in [1.82, 2.24) is 19.9 Å². The summed E-state index contributed by atoms with van der Waals surface area (Å²) in [6.07, 6.45) is 6.33. The van der Waals surface area contributed by atoms with E-state index in [0.717, 1.165) is 18.4 Å². The van der Waals surface area contributed by atoms with Gasteiger partial charge in [0.1, 0.15) is 17.2 Å². The van der Waals surface area contributed by atoms with Crippen LogP contribution >= 0.6 is 11.6 Å². The van der Waals surface area contributed by atoms with Gasteiger partial charge in [0.05, 0.1) is 7.11 Å². The molecule has 0 saturated carbocycles. The van der Waals surface area contributed by atoms with Crippen molar-refractivity contribution in [1.29, 1.82) is 0 Å². The van der Waals surface area contributed by atoms with Gasteiger partial charge in [-0.2, -0.15) is 0 Å². The molecule has 0 radical (unpaired) electrons. The molecular weight excluding hydrogens is 252 g/mol. The van der Waals surface area contributed by atoms with Gasteiger partial charge in [-0.05, 0) is 6.42 Å². The van der Waals surface area contributed by atoms with Gasteiger partial charge in [-0.15, -0.1) is 0 Å². The minimum absolute atomic E-state index is 0.435. The van der Waals surface area contributed by atoms with Crippen LogP contribution in [-0.4, -0.2) is 27.0 Å². The molecule has 2 aromatic rings. The third-order valence-corrected chi connectivity index (χ3v) is 2.80. The number of ether oxygens (including phenoxy) is 1. The van der Waals surface area contributed by atoms with Crippen molar-refractivity contribution in [2.24, 2.45) is 0 Å². The van der Waals surface area contributed by atoms with E-state index in [1.165, 1.54) is 6.33 Å². The van der Waals surface area contributed by atoms with Gasteiger partial charge in [0, 0.05) is 18.0 Å². The average molecular weight is 265 g/mol. The van der Waals surface area contributed by atoms with E-state index in [1.54, 1.807) is 19.5 Å². The third-order valence-electron chi connectivity index (χ3n) is 2.48. The summed E-state index contributed by atoms with van der Waals surface area (Å²) in [4.78, 5) is 16.6. The number of methoxy groups -OCH3 is 1. The van der Waals surface area contributed by atoms with Crippen molar-refractivity contribution < 1.29 is 4.74 Å². The summed E-state index contributed by atoms with van der Waals surface area (Å²) < 4.78 is 5.20. The van der Waals surface area contributed by atoms with E-state index in [9.17, 15) is 0 Å². The first-order valence-electron chi connectivity index (χ1n) is 5.62. The summed E-state index contributed by atoms with van der Waals surface area (Å²) in [5.74, 6) is 0.435. The predicted octanol–water partition coefficient (Wildman–Crippen LogP) is 2.55. The maximum atomic E-state index is 6.11. The van der Waals surface area contributed by atoms with Crippen molar-refractivity contribution in [3.8, 4) is 17.3 Å². The normalized spacial score (nSPS) is 10.4. The molecule has 2 aromatic heterocycles. The highest BCUT2D eigenvalue weighted by atomic mass is 35.5. The van der Waals surface area contributed by atoms with Crippen LogP contribution in [0.2, 0.25) is 5.15 Å². The summed E-state index contributed by atoms with van der Waals surface area (Å²) in [6, 6.07) is 0. The molecule has 0 atom stereocenters. The van der Waals surface area contributed by atoms with Crippen molar-refractivity contribution in [2.45, 2.75) is 19.8 Å². The number of rotatable bonds is 4. The number of halogens is 1. The SMILES string of the molecule is CCCc1c(Cl)ncnc1-c1nccnc1OC. The molecule has 6 heteroatoms. The largest absolute Gasteiger partial charge is 0.479 e. The molecule has 2 heterocycles. The summed E-state index contributed by atoms with van der Waals surface area (Å²) in [6.45, 7) is 2.07. The quantitative estimate of drug-likeness (QED) is 0.794. The number of nitrogens with zero attached hydrogens (tertiary/aromatic N) is 4. The Morgan fingerprint density at radius 2 is 1.89 bits per heavy atom. The molecule has 0 amide bonds. The van der Waals surface area contributed by atoms with E-state index < -0.39 is 0 Å². The van der Waals surface area contributed by atoms with Gasteiger partial charge >= 0.3 is 0 Å². The Kier molecular flexibility index (Phi) is 4.04. The predicted molar refractivity (Wildman–Crippen MR) is 68.6 cm³/mol. The van der Waals surface area contributed by atoms with Crippen LogP contribution < -0.4 is 4.74 Å². The monoisotopic (exact) mass is 264 g/mol. The minimum atomic E-state index is 0.435. The van der Waals surface area contributed by atoms with Gasteiger partial charge in [-0.3, -0.25) is 0 Å². The number of hydrogen-bond acceptors (Lipinski definition) is 5. The smallest absolute Gasteiger partial charge is 0.241 e. The van der Waals surface area contributed by atoms with Crippen molar-refractivity contribution in [3.63, 3.8) is 0 Å². The minimum Gasteiger partial charge on any atom is -0.479 e. The zero-order chi connectivity index (χ0) is 13.0. The standard InChI is InChI=1S/C12H13ClN4O/c1-3-4-8-9(16-7-17-11(8)13)10-12(18-2)15-6-5-14-10/h5-7H,3-4H2,1-2H3. The average Bonchev–Trinajstić information content (AvgIpc) is 2.41. The van der Waals surface area contributed by atoms with Crippen LogP contribution in [0.4, 0.5) is 0 Å². The summed E-state index contributed by atoms with van der Waals surface area (Å²) in [5, 5.41) is 0.453. The highest BCUT2D eigenvalue weighted by Gasteiger charge is 2.16. The molecule has 2 rings (SSSR count). The van der Waals surface area contributed by atoms with Crippen LogP contribution in [0.5, 0.6) is 5.88 Å². The van der Waals surface area contributed by atoms with Crippen LogP contribution in [0.3, 0.4) is 0 Å². The van der Waals surface area contributed by atoms with Gasteiger partial charge in [0.25, 0.3) is 0 Å². The summed E-state index contributed by atoms with van der Waals surface area (Å²) >= 11 is 6.11. The molecule has 18 heavy (non-hydrogen) atoms. The van der Waals surface area contributed by atoms with Crippen LogP contribution in [0.1, 0.15) is 18.9 Å². The zero-order valence-corrected chi connectivity index (χ0v) is 11.0. The second kappa shape index (κ2) is 5.73. The first kappa shape index (κ1) is 12.7. The molecule has 94 valence electrons. The van der Waals surface area contributed by atoms with Crippen molar-refractivity contribution in [3.05, 3.63) is 29.4 Å². The maximum Gasteiger partial charge on any atom is 0.241 e. The molecular formula is C12H13ClN4O. The van der Waals surface area contributed by atoms with E-state index >= 15 is 0 Å². The molecule has 0 saturated heterocycles. The number of hydrogen-bond donors (Lipinski definition) is 0. The Morgan fingerprint density at radius 1 is 1.11 bits per heavy atom. The first-order chi connectivity index (χ1) is 8.77. The lowest BCUT2D eigenvalue weighted by molar-refractivity contribution is 0.397. The molecule has 0 unspecified atom stereocenters. The van der Waals surface area contributed by atoms with Crippen LogP contribution in [-0.2, 0) is 6.42 Å². The molecule has 5 nitrogen and oxygen atoms in total. The molecule has 0 aliphatic rings. The molecule has 0 spiro atoms. The molecule has 0 aliphatic heterocycles. The van der Waals surface area contributed by atoms with Crippen LogP contribution in [0.25, 0.3) is 11.4 Å². The Hall–Kier alpha value is -1.75. The van der Waals surface area contributed by atoms with Gasteiger partial charge in [-0.25, -0.2) is 19.9 Å². The molecule has 0 fully saturated rings. The number of aromatic nitrogens is 4. The summed E-state index contributed by atoms with van der Waals surface area (Å²) in [7, 11) is 1.55. The Morgan fingerprint density at radius 3 is 2.61 bits per heavy atom. The van der Waals surface area contributed by atoms with Crippen molar-refractivity contribution in [2.75, 3.05) is 7.11 Å². The Balaban J connectivity index is 2.59. The lowest BCUT2D eigenvalue weighted by Crippen LogP contribution is -2.01. The Labute approximate surface area is 110 Å². The van der Waals surface area contributed by atoms with Crippen molar-refractivity contribution >= 4 is 11.6 Å². The topological polar surface area (TPSA) is 60.8 Å². The highest BCUT2D eigenvalue weighted by Crippen LogP contribution is 2.29. The summed E-state index contributed by atoms with van der Waals surface area (Å²) in [5.41, 5.74) is 2.15. The molecule has 0 bridgehead atoms. The van der Waals surface area contributed by atoms with Gasteiger partial charge < -0.3 is 4.74 Å². The lowest BCUT2D eigenvalue weighted by atomic mass is 10.1. The van der Waals surface area contributed by atoms with E-state index in [2.05, 4.69) is 26.9 Å². The molecule has 0 aromatic carbocycles. The van der Waals surface area contributed by atoms with Crippen LogP contribution in [0.15, 0.2) is 18.7 Å². The third kappa shape index (κ3) is 2.41. The van der Waals surface area contributed by atoms with Gasteiger partial charge in [0.15, 0.2) is 5.69 Å². The highest BCUT2D eigenvalue weighted by molar-refractivity contribution is 6.30. The van der Waals surface area contributed by atoms with E-state index in [4.69, 9.17) is 16.3 Å². The molecule has 0 N–H and O–H groups in total. The second-order valence-corrected chi connectivity index (χ2v) is 4.01. The first-order valence-corrected chi connectivity index (χ1v) is 6.00. The van der Waals surface area contributed by atoms with E-state index in [1.807, 2.05) is 0 Å². The molecule has 0 aliphatic carbocycles. The fourth-order valence-electron chi connectivity index (χ4n) is 1.70. The zero-order valence-electron chi connectivity index (χ0n) is 10.2. The van der Waals surface area contributed by atoms with E-state index in [-0.39, 0.29) is 0 Å². The van der Waals surface area contributed by atoms with Gasteiger partial charge in [0.2, 0.25) is 5.88 Å². The van der Waals surface area contributed by atoms with Gasteiger partial charge in [-0.1, -0.05) is 24.9 Å². The van der Waals surface area contributed by atoms with Crippen LogP contribution in [0, 0.1) is 0 Å². The van der Waals surface area contributed by atoms with E-state index in [0.29, 0.717) is 22.4 Å². The maximum absolute atomic E-state index is 6.11. The lowest BCUT2D eigenvalue weighted by Gasteiger charge is -2.10. The Bertz CT molecular complexity index is 547. The fourth-order valence-corrected chi connectivity index (χ4v) is 1.93.